The molecule has 1 amide bonds. The van der Waals surface area contributed by atoms with E-state index in [1.165, 1.54) is 0 Å². The molecule has 2 unspecified atom stereocenters. The van der Waals surface area contributed by atoms with Crippen LogP contribution in [-0.4, -0.2) is 36.2 Å². The molecule has 1 heterocycles. The van der Waals surface area contributed by atoms with Crippen LogP contribution in [0.15, 0.2) is 54.6 Å². The highest BCUT2D eigenvalue weighted by Crippen LogP contribution is 2.20. The Morgan fingerprint density at radius 3 is 2.38 bits per heavy atom. The summed E-state index contributed by atoms with van der Waals surface area (Å²) in [6.45, 7) is 1.04. The summed E-state index contributed by atoms with van der Waals surface area (Å²) in [5.74, 6) is -1.46. The van der Waals surface area contributed by atoms with Gasteiger partial charge in [-0.25, -0.2) is 4.79 Å². The van der Waals surface area contributed by atoms with E-state index in [1.54, 1.807) is 0 Å². The molecule has 1 aliphatic heterocycles. The lowest BCUT2D eigenvalue weighted by atomic mass is 9.93. The molecule has 0 bridgehead atoms. The number of nitrogens with one attached hydrogen (secondary N) is 1. The quantitative estimate of drug-likeness (QED) is 0.837. The van der Waals surface area contributed by atoms with E-state index in [4.69, 9.17) is 4.74 Å². The number of hydrogen-bond acceptors (Lipinski definition) is 3. The Labute approximate surface area is 153 Å². The minimum absolute atomic E-state index is 0.159. The van der Waals surface area contributed by atoms with E-state index in [0.29, 0.717) is 13.2 Å². The van der Waals surface area contributed by atoms with Crippen molar-refractivity contribution in [3.63, 3.8) is 0 Å². The van der Waals surface area contributed by atoms with Crippen LogP contribution in [0.5, 0.6) is 0 Å². The lowest BCUT2D eigenvalue weighted by Gasteiger charge is -2.28. The molecule has 2 aromatic carbocycles. The third-order valence-corrected chi connectivity index (χ3v) is 4.68. The molecule has 2 aromatic rings. The van der Waals surface area contributed by atoms with Crippen molar-refractivity contribution in [2.45, 2.75) is 25.3 Å². The van der Waals surface area contributed by atoms with Crippen LogP contribution < -0.4 is 5.32 Å². The van der Waals surface area contributed by atoms with Crippen molar-refractivity contribution in [3.8, 4) is 11.1 Å². The summed E-state index contributed by atoms with van der Waals surface area (Å²) in [5, 5.41) is 12.1. The first-order valence-corrected chi connectivity index (χ1v) is 8.88. The van der Waals surface area contributed by atoms with E-state index in [2.05, 4.69) is 5.32 Å². The second kappa shape index (κ2) is 8.63. The maximum Gasteiger partial charge on any atom is 0.326 e. The first-order valence-electron chi connectivity index (χ1n) is 8.88. The minimum atomic E-state index is -1.01. The van der Waals surface area contributed by atoms with Gasteiger partial charge in [0.15, 0.2) is 0 Å². The predicted octanol–water partition coefficient (Wildman–Crippen LogP) is 2.89. The Kier molecular flexibility index (Phi) is 6.02. The molecule has 1 saturated heterocycles. The Morgan fingerprint density at radius 1 is 1.08 bits per heavy atom. The van der Waals surface area contributed by atoms with Crippen molar-refractivity contribution < 1.29 is 19.4 Å². The van der Waals surface area contributed by atoms with E-state index in [1.807, 2.05) is 54.6 Å². The molecule has 3 rings (SSSR count). The van der Waals surface area contributed by atoms with Crippen LogP contribution in [0.25, 0.3) is 11.1 Å². The van der Waals surface area contributed by atoms with Crippen molar-refractivity contribution in [1.29, 1.82) is 0 Å². The highest BCUT2D eigenvalue weighted by molar-refractivity contribution is 5.85. The van der Waals surface area contributed by atoms with Crippen LogP contribution in [0, 0.1) is 5.92 Å². The van der Waals surface area contributed by atoms with Gasteiger partial charge in [0.1, 0.15) is 6.04 Å². The zero-order valence-corrected chi connectivity index (χ0v) is 14.6. The summed E-state index contributed by atoms with van der Waals surface area (Å²) in [6.07, 6.45) is 1.74. The number of carbonyl (C=O) groups excluding carboxylic acids is 1. The monoisotopic (exact) mass is 353 g/mol. The molecule has 0 spiro atoms. The molecule has 26 heavy (non-hydrogen) atoms. The zero-order chi connectivity index (χ0) is 18.4. The normalized spacial score (nSPS) is 18.1. The van der Waals surface area contributed by atoms with Gasteiger partial charge < -0.3 is 15.2 Å². The van der Waals surface area contributed by atoms with Crippen LogP contribution >= 0.6 is 0 Å². The molecule has 0 saturated carbocycles. The Balaban J connectivity index is 1.60. The van der Waals surface area contributed by atoms with Gasteiger partial charge in [-0.3, -0.25) is 4.79 Å². The van der Waals surface area contributed by atoms with Crippen molar-refractivity contribution in [2.24, 2.45) is 5.92 Å². The average molecular weight is 353 g/mol. The molecule has 5 heteroatoms. The lowest BCUT2D eigenvalue weighted by molar-refractivity contribution is -0.145. The molecular formula is C21H23NO4. The van der Waals surface area contributed by atoms with Gasteiger partial charge in [0, 0.05) is 12.5 Å². The number of carboxylic acids is 1. The molecule has 0 radical (unpaired) electrons. The third kappa shape index (κ3) is 4.70. The number of benzene rings is 2. The van der Waals surface area contributed by atoms with Crippen LogP contribution in [0.4, 0.5) is 0 Å². The van der Waals surface area contributed by atoms with Gasteiger partial charge in [-0.05, 0) is 29.5 Å². The number of aliphatic carboxylic acids is 1. The molecular weight excluding hydrogens is 330 g/mol. The van der Waals surface area contributed by atoms with Crippen molar-refractivity contribution in [1.82, 2.24) is 5.32 Å². The number of carbonyl (C=O) groups is 2. The fourth-order valence-electron chi connectivity index (χ4n) is 3.27. The second-order valence-electron chi connectivity index (χ2n) is 6.60. The summed E-state index contributed by atoms with van der Waals surface area (Å²) >= 11 is 0. The van der Waals surface area contributed by atoms with E-state index >= 15 is 0 Å². The molecule has 2 atom stereocenters. The Hall–Kier alpha value is -2.66. The van der Waals surface area contributed by atoms with E-state index in [9.17, 15) is 14.7 Å². The van der Waals surface area contributed by atoms with Crippen molar-refractivity contribution in [2.75, 3.05) is 13.2 Å². The summed E-state index contributed by atoms with van der Waals surface area (Å²) < 4.78 is 5.35. The van der Waals surface area contributed by atoms with Gasteiger partial charge in [0.2, 0.25) is 5.91 Å². The van der Waals surface area contributed by atoms with Crippen molar-refractivity contribution >= 4 is 11.9 Å². The summed E-state index contributed by atoms with van der Waals surface area (Å²) in [6, 6.07) is 16.9. The summed E-state index contributed by atoms with van der Waals surface area (Å²) in [5.41, 5.74) is 3.05. The van der Waals surface area contributed by atoms with Crippen LogP contribution in [-0.2, 0) is 20.7 Å². The highest BCUT2D eigenvalue weighted by Gasteiger charge is 2.31. The average Bonchev–Trinajstić information content (AvgIpc) is 2.68. The third-order valence-electron chi connectivity index (χ3n) is 4.68. The molecule has 0 aliphatic carbocycles. The topological polar surface area (TPSA) is 75.6 Å². The number of rotatable bonds is 6. The number of amides is 1. The fourth-order valence-corrected chi connectivity index (χ4v) is 3.27. The van der Waals surface area contributed by atoms with Gasteiger partial charge in [0.25, 0.3) is 0 Å². The number of hydrogen-bond donors (Lipinski definition) is 2. The van der Waals surface area contributed by atoms with E-state index in [0.717, 1.165) is 29.5 Å². The molecule has 0 aromatic heterocycles. The van der Waals surface area contributed by atoms with Gasteiger partial charge in [-0.2, -0.15) is 0 Å². The summed E-state index contributed by atoms with van der Waals surface area (Å²) in [7, 11) is 0. The van der Waals surface area contributed by atoms with Gasteiger partial charge in [-0.1, -0.05) is 54.6 Å². The second-order valence-corrected chi connectivity index (χ2v) is 6.60. The smallest absolute Gasteiger partial charge is 0.326 e. The Morgan fingerprint density at radius 2 is 1.77 bits per heavy atom. The molecule has 5 nitrogen and oxygen atoms in total. The molecule has 136 valence electrons. The molecule has 1 aliphatic rings. The maximum atomic E-state index is 12.3. The molecule has 1 fully saturated rings. The number of carboxylic acid groups (broad SMARTS) is 1. The first-order chi connectivity index (χ1) is 12.6. The van der Waals surface area contributed by atoms with Crippen LogP contribution in [0.2, 0.25) is 0 Å². The minimum Gasteiger partial charge on any atom is -0.480 e. The lowest BCUT2D eigenvalue weighted by Crippen LogP contribution is -2.48. The van der Waals surface area contributed by atoms with Crippen LogP contribution in [0.3, 0.4) is 0 Å². The SMILES string of the molecule is O=C(Cc1ccc(-c2ccccc2)cc1)NC(C(=O)O)C1CCCOC1. The summed E-state index contributed by atoms with van der Waals surface area (Å²) in [4.78, 5) is 23.8. The maximum absolute atomic E-state index is 12.3. The van der Waals surface area contributed by atoms with Crippen molar-refractivity contribution in [3.05, 3.63) is 60.2 Å². The zero-order valence-electron chi connectivity index (χ0n) is 14.6. The van der Waals surface area contributed by atoms with Crippen LogP contribution in [0.1, 0.15) is 18.4 Å². The first kappa shape index (κ1) is 18.1. The fraction of sp³-hybridized carbons (Fsp3) is 0.333. The predicted molar refractivity (Wildman–Crippen MR) is 98.7 cm³/mol. The van der Waals surface area contributed by atoms with E-state index in [-0.39, 0.29) is 18.2 Å². The molecule has 2 N–H and O–H groups in total. The van der Waals surface area contributed by atoms with Gasteiger partial charge >= 0.3 is 5.97 Å². The Bertz CT molecular complexity index is 736. The largest absolute Gasteiger partial charge is 0.480 e. The standard InChI is InChI=1S/C21H23NO4/c23-19(22-20(21(24)25)18-7-4-12-26-14-18)13-15-8-10-17(11-9-15)16-5-2-1-3-6-16/h1-3,5-6,8-11,18,20H,4,7,12-14H2,(H,22,23)(H,24,25). The van der Waals surface area contributed by atoms with Gasteiger partial charge in [0.05, 0.1) is 13.0 Å². The van der Waals surface area contributed by atoms with E-state index < -0.39 is 12.0 Å². The number of ether oxygens (including phenoxy) is 1. The highest BCUT2D eigenvalue weighted by atomic mass is 16.5. The van der Waals surface area contributed by atoms with Gasteiger partial charge in [-0.15, -0.1) is 0 Å².